The van der Waals surface area contributed by atoms with Crippen molar-refractivity contribution in [2.24, 2.45) is 0 Å². The number of amides is 1. The molecule has 0 fully saturated rings. The Morgan fingerprint density at radius 1 is 0.462 bits per heavy atom. The molecule has 0 rings (SSSR count). The summed E-state index contributed by atoms with van der Waals surface area (Å²) in [6, 6.07) is 0. The number of ether oxygens (including phenoxy) is 2. The van der Waals surface area contributed by atoms with Crippen LogP contribution in [0.2, 0.25) is 0 Å². The Balaban J connectivity index is 4.02. The fourth-order valence-corrected chi connectivity index (χ4v) is 6.23. The lowest BCUT2D eigenvalue weighted by molar-refractivity contribution is -0.862. The summed E-state index contributed by atoms with van der Waals surface area (Å²) in [7, 11) is 5.91. The van der Waals surface area contributed by atoms with E-state index in [9.17, 15) is 14.4 Å². The lowest BCUT2D eigenvalue weighted by Gasteiger charge is -2.28. The van der Waals surface area contributed by atoms with Crippen molar-refractivity contribution in [2.45, 2.75) is 194 Å². The number of hydrogen-bond donors (Lipinski definition) is 0. The summed E-state index contributed by atoms with van der Waals surface area (Å²) in [4.78, 5) is 39.3. The quantitative estimate of drug-likeness (QED) is 0.0273. The molecule has 0 radical (unpaired) electrons. The van der Waals surface area contributed by atoms with Gasteiger partial charge < -0.3 is 18.9 Å². The zero-order valence-corrected chi connectivity index (χ0v) is 35.1. The lowest BCUT2D eigenvalue weighted by atomic mass is 10.1. The van der Waals surface area contributed by atoms with Crippen LogP contribution in [-0.2, 0) is 23.9 Å². The van der Waals surface area contributed by atoms with E-state index >= 15 is 0 Å². The second kappa shape index (κ2) is 37.2. The molecule has 0 bridgehead atoms. The van der Waals surface area contributed by atoms with Gasteiger partial charge in [0.25, 0.3) is 5.91 Å². The van der Waals surface area contributed by atoms with E-state index < -0.39 is 0 Å². The molecule has 0 aliphatic rings. The van der Waals surface area contributed by atoms with Gasteiger partial charge in [0.05, 0.1) is 34.2 Å². The van der Waals surface area contributed by atoms with Crippen LogP contribution in [0.25, 0.3) is 0 Å². The van der Waals surface area contributed by atoms with Crippen molar-refractivity contribution in [3.8, 4) is 0 Å². The van der Waals surface area contributed by atoms with Crippen LogP contribution in [0.15, 0.2) is 24.3 Å². The summed E-state index contributed by atoms with van der Waals surface area (Å²) >= 11 is 0. The number of allylic oxidation sites excluding steroid dienone is 4. The highest BCUT2D eigenvalue weighted by Crippen LogP contribution is 2.12. The molecule has 7 nitrogen and oxygen atoms in total. The summed E-state index contributed by atoms with van der Waals surface area (Å²) in [6.45, 7) is 5.79. The molecule has 0 saturated carbocycles. The maximum atomic E-state index is 13.0. The van der Waals surface area contributed by atoms with Crippen LogP contribution in [0.1, 0.15) is 194 Å². The van der Waals surface area contributed by atoms with Gasteiger partial charge in [-0.2, -0.15) is 0 Å². The van der Waals surface area contributed by atoms with Crippen LogP contribution in [0.3, 0.4) is 0 Å². The number of carbonyl (C=O) groups is 3. The Kier molecular flexibility index (Phi) is 35.6. The normalized spacial score (nSPS) is 11.9. The predicted molar refractivity (Wildman–Crippen MR) is 220 cm³/mol. The van der Waals surface area contributed by atoms with Gasteiger partial charge in [-0.05, 0) is 64.2 Å². The molecule has 0 aliphatic heterocycles. The first-order valence-corrected chi connectivity index (χ1v) is 21.9. The Morgan fingerprint density at radius 2 is 0.769 bits per heavy atom. The van der Waals surface area contributed by atoms with E-state index in [0.717, 1.165) is 51.4 Å². The average Bonchev–Trinajstić information content (AvgIpc) is 3.10. The number of rotatable bonds is 38. The number of quaternary nitrogens is 1. The van der Waals surface area contributed by atoms with E-state index in [4.69, 9.17) is 9.47 Å². The van der Waals surface area contributed by atoms with Crippen molar-refractivity contribution in [3.05, 3.63) is 24.3 Å². The van der Waals surface area contributed by atoms with Crippen molar-refractivity contribution < 1.29 is 28.3 Å². The molecular weight excluding hydrogens is 649 g/mol. The number of nitrogens with zero attached hydrogens (tertiary/aromatic N) is 2. The minimum Gasteiger partial charge on any atom is -0.464 e. The molecule has 0 unspecified atom stereocenters. The van der Waals surface area contributed by atoms with Gasteiger partial charge in [0, 0.05) is 12.8 Å². The Bertz CT molecular complexity index is 837. The maximum absolute atomic E-state index is 13.0. The molecule has 0 spiro atoms. The maximum Gasteiger partial charge on any atom is 0.305 e. The van der Waals surface area contributed by atoms with E-state index in [0.29, 0.717) is 37.0 Å². The standard InChI is InChI=1S/C45H85N2O5/c1-6-8-10-12-14-16-18-20-22-24-26-28-30-32-34-36-44(49)51-40-38-46(43(48)42-47(3,4)5)39-41-52-45(50)37-35-33-31-29-27-25-23-21-19-17-15-13-11-9-7-2/h20-23H,6-19,24-42H2,1-5H3/q+1. The molecule has 0 N–H and O–H groups in total. The first-order valence-electron chi connectivity index (χ1n) is 21.9. The second-order valence-electron chi connectivity index (χ2n) is 15.9. The van der Waals surface area contributed by atoms with Gasteiger partial charge in [-0.15, -0.1) is 0 Å². The van der Waals surface area contributed by atoms with Gasteiger partial charge >= 0.3 is 11.9 Å². The number of carbonyl (C=O) groups excluding carboxylic acids is 3. The first-order chi connectivity index (χ1) is 25.2. The lowest BCUT2D eigenvalue weighted by Crippen LogP contribution is -2.48. The molecule has 1 amide bonds. The molecule has 0 aliphatic carbocycles. The van der Waals surface area contributed by atoms with Crippen molar-refractivity contribution in [2.75, 3.05) is 54.0 Å². The zero-order chi connectivity index (χ0) is 38.4. The molecule has 0 atom stereocenters. The van der Waals surface area contributed by atoms with Gasteiger partial charge in [0.1, 0.15) is 13.2 Å². The van der Waals surface area contributed by atoms with E-state index in [1.54, 1.807) is 4.90 Å². The van der Waals surface area contributed by atoms with Gasteiger partial charge in [-0.1, -0.05) is 141 Å². The van der Waals surface area contributed by atoms with Crippen LogP contribution in [0, 0.1) is 0 Å². The third-order valence-corrected chi connectivity index (χ3v) is 9.50. The molecule has 0 heterocycles. The minimum absolute atomic E-state index is 0.0332. The Morgan fingerprint density at radius 3 is 1.10 bits per heavy atom. The number of esters is 2. The molecule has 7 heteroatoms. The summed E-state index contributed by atoms with van der Waals surface area (Å²) in [5, 5.41) is 0. The molecule has 0 aromatic rings. The van der Waals surface area contributed by atoms with Gasteiger partial charge in [-0.3, -0.25) is 14.4 Å². The second-order valence-corrected chi connectivity index (χ2v) is 15.9. The number of hydrogen-bond acceptors (Lipinski definition) is 5. The van der Waals surface area contributed by atoms with Crippen LogP contribution in [-0.4, -0.2) is 81.2 Å². The van der Waals surface area contributed by atoms with Gasteiger partial charge in [0.2, 0.25) is 0 Å². The topological polar surface area (TPSA) is 72.9 Å². The smallest absolute Gasteiger partial charge is 0.305 e. The highest BCUT2D eigenvalue weighted by molar-refractivity contribution is 5.77. The molecular formula is C45H85N2O5+. The third kappa shape index (κ3) is 37.6. The van der Waals surface area contributed by atoms with Crippen molar-refractivity contribution in [3.63, 3.8) is 0 Å². The fraction of sp³-hybridized carbons (Fsp3) is 0.844. The highest BCUT2D eigenvalue weighted by atomic mass is 16.5. The zero-order valence-electron chi connectivity index (χ0n) is 35.1. The summed E-state index contributed by atoms with van der Waals surface area (Å²) in [6.07, 6.45) is 42.0. The van der Waals surface area contributed by atoms with Crippen molar-refractivity contribution in [1.82, 2.24) is 4.90 Å². The molecule has 0 saturated heterocycles. The Labute approximate surface area is 322 Å². The predicted octanol–water partition coefficient (Wildman–Crippen LogP) is 11.7. The number of likely N-dealkylation sites (N-methyl/N-ethyl adjacent to an activating group) is 1. The number of unbranched alkanes of at least 4 members (excludes halogenated alkanes) is 22. The summed E-state index contributed by atoms with van der Waals surface area (Å²) in [5.41, 5.74) is 0. The van der Waals surface area contributed by atoms with Crippen LogP contribution >= 0.6 is 0 Å². The van der Waals surface area contributed by atoms with Gasteiger partial charge in [-0.25, -0.2) is 0 Å². The largest absolute Gasteiger partial charge is 0.464 e. The molecule has 304 valence electrons. The third-order valence-electron chi connectivity index (χ3n) is 9.50. The van der Waals surface area contributed by atoms with Crippen LogP contribution < -0.4 is 0 Å². The Hall–Kier alpha value is -2.15. The molecule has 0 aromatic heterocycles. The minimum atomic E-state index is -0.206. The summed E-state index contributed by atoms with van der Waals surface area (Å²) < 4.78 is 11.5. The van der Waals surface area contributed by atoms with Gasteiger partial charge in [0.15, 0.2) is 6.54 Å². The van der Waals surface area contributed by atoms with E-state index in [1.807, 2.05) is 21.1 Å². The average molecular weight is 734 g/mol. The first kappa shape index (κ1) is 49.9. The summed E-state index contributed by atoms with van der Waals surface area (Å²) in [5.74, 6) is -0.444. The monoisotopic (exact) mass is 734 g/mol. The SMILES string of the molecule is CCCCCCCCC=CCCCCCCCC(=O)OCCN(CCOC(=O)CCCCCCCC=CCCCCCCCC)C(=O)C[N+](C)(C)C. The van der Waals surface area contributed by atoms with E-state index in [2.05, 4.69) is 38.2 Å². The highest BCUT2D eigenvalue weighted by Gasteiger charge is 2.21. The van der Waals surface area contributed by atoms with Crippen LogP contribution in [0.5, 0.6) is 0 Å². The molecule has 52 heavy (non-hydrogen) atoms. The molecule has 0 aromatic carbocycles. The van der Waals surface area contributed by atoms with Crippen molar-refractivity contribution in [1.29, 1.82) is 0 Å². The van der Waals surface area contributed by atoms with Crippen LogP contribution in [0.4, 0.5) is 0 Å². The fourth-order valence-electron chi connectivity index (χ4n) is 6.23. The van der Waals surface area contributed by atoms with E-state index in [1.165, 1.54) is 116 Å². The van der Waals surface area contributed by atoms with Crippen molar-refractivity contribution >= 4 is 17.8 Å². The van der Waals surface area contributed by atoms with E-state index in [-0.39, 0.29) is 31.1 Å².